The molecule has 0 radical (unpaired) electrons. The largest absolute Gasteiger partial charge is 0.454 e. The zero-order valence-corrected chi connectivity index (χ0v) is 20.8. The van der Waals surface area contributed by atoms with Gasteiger partial charge in [-0.15, -0.1) is 32.9 Å². The summed E-state index contributed by atoms with van der Waals surface area (Å²) in [5, 5.41) is 15.6. The Bertz CT molecular complexity index is 1290. The zero-order valence-electron chi connectivity index (χ0n) is 18.4. The van der Waals surface area contributed by atoms with Gasteiger partial charge >= 0.3 is 0 Å². The topological polar surface area (TPSA) is 62.1 Å². The summed E-state index contributed by atoms with van der Waals surface area (Å²) in [7, 11) is 0. The van der Waals surface area contributed by atoms with Crippen LogP contribution in [0.15, 0.2) is 34.1 Å². The van der Waals surface area contributed by atoms with Crippen molar-refractivity contribution >= 4 is 34.4 Å². The van der Waals surface area contributed by atoms with Crippen LogP contribution in [0.2, 0.25) is 0 Å². The van der Waals surface area contributed by atoms with Gasteiger partial charge in [-0.05, 0) is 55.9 Å². The quantitative estimate of drug-likeness (QED) is 0.274. The van der Waals surface area contributed by atoms with Crippen molar-refractivity contribution in [3.8, 4) is 33.5 Å². The molecule has 0 fully saturated rings. The summed E-state index contributed by atoms with van der Waals surface area (Å²) in [6.45, 7) is 3.42. The fraction of sp³-hybridized carbons (Fsp3) is 0.375. The maximum Gasteiger partial charge on any atom is 0.231 e. The molecule has 0 saturated heterocycles. The van der Waals surface area contributed by atoms with Gasteiger partial charge in [0.05, 0.1) is 5.69 Å². The van der Waals surface area contributed by atoms with Crippen LogP contribution in [0.3, 0.4) is 0 Å². The molecule has 0 atom stereocenters. The van der Waals surface area contributed by atoms with Crippen molar-refractivity contribution in [2.75, 3.05) is 6.79 Å². The Labute approximate surface area is 205 Å². The molecule has 6 rings (SSSR count). The number of thiazole rings is 1. The molecule has 4 aromatic rings. The maximum atomic E-state index is 5.51. The van der Waals surface area contributed by atoms with Crippen LogP contribution < -0.4 is 9.47 Å². The number of rotatable bonds is 7. The zero-order chi connectivity index (χ0) is 22.2. The minimum atomic E-state index is 0.285. The highest BCUT2D eigenvalue weighted by Crippen LogP contribution is 2.39. The van der Waals surface area contributed by atoms with Gasteiger partial charge in [-0.3, -0.25) is 0 Å². The lowest BCUT2D eigenvalue weighted by atomic mass is 9.95. The Morgan fingerprint density at radius 3 is 2.91 bits per heavy atom. The molecule has 1 aliphatic carbocycles. The molecule has 3 aromatic heterocycles. The fourth-order valence-corrected chi connectivity index (χ4v) is 7.28. The number of hydrogen-bond donors (Lipinski definition) is 0. The van der Waals surface area contributed by atoms with Gasteiger partial charge in [0.1, 0.15) is 5.01 Å². The Morgan fingerprint density at radius 1 is 1.06 bits per heavy atom. The molecule has 170 valence electrons. The van der Waals surface area contributed by atoms with E-state index < -0.39 is 0 Å². The lowest BCUT2D eigenvalue weighted by Gasteiger charge is -2.13. The van der Waals surface area contributed by atoms with E-state index in [1.54, 1.807) is 23.1 Å². The van der Waals surface area contributed by atoms with Crippen molar-refractivity contribution in [1.29, 1.82) is 0 Å². The second-order valence-electron chi connectivity index (χ2n) is 8.22. The number of fused-ring (bicyclic) bond motifs is 2. The summed E-state index contributed by atoms with van der Waals surface area (Å²) in [6.07, 6.45) is 6.00. The smallest absolute Gasteiger partial charge is 0.231 e. The van der Waals surface area contributed by atoms with E-state index in [9.17, 15) is 0 Å². The van der Waals surface area contributed by atoms with Crippen LogP contribution in [-0.2, 0) is 25.1 Å². The number of thioether (sulfide) groups is 1. The highest BCUT2D eigenvalue weighted by atomic mass is 32.2. The van der Waals surface area contributed by atoms with E-state index in [4.69, 9.17) is 14.5 Å². The molecule has 0 bridgehead atoms. The van der Waals surface area contributed by atoms with Crippen LogP contribution in [-0.4, -0.2) is 26.5 Å². The number of hydrogen-bond acceptors (Lipinski definition) is 8. The number of aryl methyl sites for hydroxylation is 1. The van der Waals surface area contributed by atoms with Crippen molar-refractivity contribution in [2.45, 2.75) is 56.5 Å². The van der Waals surface area contributed by atoms with Gasteiger partial charge in [0, 0.05) is 39.1 Å². The third-order valence-electron chi connectivity index (χ3n) is 5.99. The Hall–Kier alpha value is -2.36. The minimum Gasteiger partial charge on any atom is -0.454 e. The van der Waals surface area contributed by atoms with Crippen LogP contribution in [0.5, 0.6) is 11.5 Å². The molecule has 6 nitrogen and oxygen atoms in total. The normalized spacial score (nSPS) is 14.6. The van der Waals surface area contributed by atoms with Gasteiger partial charge in [0.2, 0.25) is 6.79 Å². The van der Waals surface area contributed by atoms with Crippen LogP contribution in [0.1, 0.15) is 42.3 Å². The monoisotopic (exact) mass is 496 g/mol. The maximum absolute atomic E-state index is 5.51. The van der Waals surface area contributed by atoms with E-state index >= 15 is 0 Å². The van der Waals surface area contributed by atoms with E-state index in [2.05, 4.69) is 32.4 Å². The molecule has 33 heavy (non-hydrogen) atoms. The van der Waals surface area contributed by atoms with Crippen molar-refractivity contribution in [3.63, 3.8) is 0 Å². The molecule has 2 aliphatic rings. The van der Waals surface area contributed by atoms with Gasteiger partial charge in [0.25, 0.3) is 0 Å². The van der Waals surface area contributed by atoms with Crippen molar-refractivity contribution in [2.24, 2.45) is 0 Å². The number of thiophene rings is 1. The van der Waals surface area contributed by atoms with Crippen molar-refractivity contribution in [3.05, 3.63) is 45.1 Å². The van der Waals surface area contributed by atoms with Gasteiger partial charge in [-0.2, -0.15) is 0 Å². The second-order valence-corrected chi connectivity index (χ2v) is 11.0. The lowest BCUT2D eigenvalue weighted by molar-refractivity contribution is 0.174. The summed E-state index contributed by atoms with van der Waals surface area (Å²) in [5.41, 5.74) is 4.90. The third-order valence-corrected chi connectivity index (χ3v) is 9.02. The first-order chi connectivity index (χ1) is 16.3. The Balaban J connectivity index is 1.21. The molecule has 1 aliphatic heterocycles. The number of nitrogens with zero attached hydrogens (tertiary/aromatic N) is 4. The summed E-state index contributed by atoms with van der Waals surface area (Å²) in [4.78, 5) is 6.39. The van der Waals surface area contributed by atoms with E-state index in [-0.39, 0.29) is 6.79 Å². The summed E-state index contributed by atoms with van der Waals surface area (Å²) < 4.78 is 13.2. The molecular weight excluding hydrogens is 472 g/mol. The van der Waals surface area contributed by atoms with Crippen molar-refractivity contribution < 1.29 is 9.47 Å². The van der Waals surface area contributed by atoms with E-state index in [0.717, 1.165) is 63.9 Å². The minimum absolute atomic E-state index is 0.285. The third kappa shape index (κ3) is 4.06. The van der Waals surface area contributed by atoms with Gasteiger partial charge in [-0.25, -0.2) is 4.98 Å². The molecule has 1 aromatic carbocycles. The van der Waals surface area contributed by atoms with E-state index in [0.29, 0.717) is 0 Å². The number of ether oxygens (including phenoxy) is 2. The first-order valence-electron chi connectivity index (χ1n) is 11.3. The highest BCUT2D eigenvalue weighted by molar-refractivity contribution is 7.98. The molecular formula is C24H24N4O2S3. The first kappa shape index (κ1) is 21.2. The van der Waals surface area contributed by atoms with E-state index in [1.807, 2.05) is 29.5 Å². The predicted octanol–water partition coefficient (Wildman–Crippen LogP) is 6.44. The van der Waals surface area contributed by atoms with Crippen LogP contribution in [0, 0.1) is 0 Å². The second kappa shape index (κ2) is 9.12. The predicted molar refractivity (Wildman–Crippen MR) is 134 cm³/mol. The first-order valence-corrected chi connectivity index (χ1v) is 14.0. The van der Waals surface area contributed by atoms with Crippen LogP contribution >= 0.6 is 34.4 Å². The van der Waals surface area contributed by atoms with Gasteiger partial charge in [0.15, 0.2) is 22.5 Å². The van der Waals surface area contributed by atoms with Crippen LogP contribution in [0.25, 0.3) is 22.0 Å². The molecule has 0 N–H and O–H groups in total. The Kier molecular flexibility index (Phi) is 5.85. The molecule has 0 spiro atoms. The standard InChI is InChI=1S/C24H24N4O2S3/c1-2-9-28-22(18-13-31-21-6-4-3-5-17(18)21)26-27-24(28)33-12-16-11-32-23(25-16)15-7-8-19-20(10-15)30-14-29-19/h7-8,10-11,13H,2-6,9,12,14H2,1H3. The SMILES string of the molecule is CCCn1c(SCc2csc(-c3ccc4c(c3)OCO4)n2)nnc1-c1csc2c1CCCC2. The van der Waals surface area contributed by atoms with Crippen LogP contribution in [0.4, 0.5) is 0 Å². The highest BCUT2D eigenvalue weighted by Gasteiger charge is 2.22. The molecule has 0 unspecified atom stereocenters. The van der Waals surface area contributed by atoms with Crippen molar-refractivity contribution in [1.82, 2.24) is 19.7 Å². The van der Waals surface area contributed by atoms with Gasteiger partial charge in [-0.1, -0.05) is 18.7 Å². The number of benzene rings is 1. The fourth-order valence-electron chi connectivity index (χ4n) is 4.38. The average molecular weight is 497 g/mol. The molecule has 4 heterocycles. The van der Waals surface area contributed by atoms with E-state index in [1.165, 1.54) is 35.3 Å². The molecule has 0 amide bonds. The average Bonchev–Trinajstić information content (AvgIpc) is 3.63. The Morgan fingerprint density at radius 2 is 1.97 bits per heavy atom. The lowest BCUT2D eigenvalue weighted by Crippen LogP contribution is -2.05. The summed E-state index contributed by atoms with van der Waals surface area (Å²) in [5.74, 6) is 3.38. The van der Waals surface area contributed by atoms with Gasteiger partial charge < -0.3 is 14.0 Å². The molecule has 9 heteroatoms. The summed E-state index contributed by atoms with van der Waals surface area (Å²) in [6, 6.07) is 5.99. The molecule has 0 saturated carbocycles. The summed E-state index contributed by atoms with van der Waals surface area (Å²) >= 11 is 5.26. The number of aromatic nitrogens is 4.